The van der Waals surface area contributed by atoms with E-state index in [0.29, 0.717) is 11.1 Å². The highest BCUT2D eigenvalue weighted by Crippen LogP contribution is 2.31. The summed E-state index contributed by atoms with van der Waals surface area (Å²) < 4.78 is 6.99. The summed E-state index contributed by atoms with van der Waals surface area (Å²) in [6, 6.07) is 10.4. The number of amides is 1. The van der Waals surface area contributed by atoms with Gasteiger partial charge in [-0.2, -0.15) is 4.98 Å². The van der Waals surface area contributed by atoms with Crippen molar-refractivity contribution in [2.45, 2.75) is 39.0 Å². The second-order valence-electron chi connectivity index (χ2n) is 8.96. The van der Waals surface area contributed by atoms with Gasteiger partial charge in [-0.05, 0) is 81.4 Å². The van der Waals surface area contributed by atoms with E-state index < -0.39 is 0 Å². The van der Waals surface area contributed by atoms with Gasteiger partial charge in [0.1, 0.15) is 5.75 Å². The molecule has 2 aliphatic rings. The van der Waals surface area contributed by atoms with Crippen molar-refractivity contribution in [2.75, 3.05) is 32.7 Å². The van der Waals surface area contributed by atoms with Gasteiger partial charge in [0.2, 0.25) is 5.91 Å². The first-order chi connectivity index (χ1) is 15.6. The highest BCUT2D eigenvalue weighted by atomic mass is 32.1. The molecule has 7 heteroatoms. The zero-order chi connectivity index (χ0) is 21.9. The molecule has 0 saturated carbocycles. The highest BCUT2D eigenvalue weighted by molar-refractivity contribution is 7.20. The lowest BCUT2D eigenvalue weighted by molar-refractivity contribution is -0.135. The third-order valence-electron chi connectivity index (χ3n) is 6.56. The monoisotopic (exact) mass is 450 g/mol. The average Bonchev–Trinajstić information content (AvgIpc) is 3.48. The number of nitrogens with zero attached hydrogens (tertiary/aromatic N) is 4. The zero-order valence-electron chi connectivity index (χ0n) is 18.6. The number of carbonyl (C=O) groups is 1. The van der Waals surface area contributed by atoms with Gasteiger partial charge in [0.25, 0.3) is 5.19 Å². The molecule has 0 unspecified atom stereocenters. The predicted octanol–water partition coefficient (Wildman–Crippen LogP) is 4.67. The molecule has 32 heavy (non-hydrogen) atoms. The summed E-state index contributed by atoms with van der Waals surface area (Å²) in [4.78, 5) is 26.0. The number of aromatic nitrogens is 2. The van der Waals surface area contributed by atoms with E-state index in [4.69, 9.17) is 4.74 Å². The van der Waals surface area contributed by atoms with Crippen LogP contribution < -0.4 is 4.74 Å². The lowest BCUT2D eigenvalue weighted by atomic mass is 9.95. The summed E-state index contributed by atoms with van der Waals surface area (Å²) in [5.74, 6) is 1.44. The lowest BCUT2D eigenvalue weighted by Crippen LogP contribution is -2.42. The molecule has 2 aliphatic heterocycles. The minimum Gasteiger partial charge on any atom is -0.431 e. The van der Waals surface area contributed by atoms with Crippen LogP contribution >= 0.6 is 11.3 Å². The molecular formula is C25H30N4O2S. The number of pyridine rings is 1. The van der Waals surface area contributed by atoms with Crippen molar-refractivity contribution in [1.82, 2.24) is 19.8 Å². The first-order valence-electron chi connectivity index (χ1n) is 11.7. The molecule has 0 atom stereocenters. The van der Waals surface area contributed by atoms with Crippen LogP contribution in [0.1, 0.15) is 36.8 Å². The molecule has 1 amide bonds. The van der Waals surface area contributed by atoms with Gasteiger partial charge in [-0.1, -0.05) is 23.5 Å². The third-order valence-corrected chi connectivity index (χ3v) is 7.43. The van der Waals surface area contributed by atoms with Gasteiger partial charge in [0.15, 0.2) is 5.65 Å². The molecule has 0 spiro atoms. The quantitative estimate of drug-likeness (QED) is 0.546. The van der Waals surface area contributed by atoms with Crippen LogP contribution in [0.3, 0.4) is 0 Å². The molecule has 1 aromatic carbocycles. The Bertz CT molecular complexity index is 1070. The fourth-order valence-corrected chi connectivity index (χ4v) is 5.55. The molecule has 2 fully saturated rings. The number of carbonyl (C=O) groups excluding carboxylic acids is 1. The van der Waals surface area contributed by atoms with Crippen LogP contribution in [0.5, 0.6) is 10.9 Å². The largest absolute Gasteiger partial charge is 0.431 e. The van der Waals surface area contributed by atoms with Gasteiger partial charge < -0.3 is 14.5 Å². The molecule has 2 aromatic heterocycles. The molecular weight excluding hydrogens is 420 g/mol. The Morgan fingerprint density at radius 2 is 1.88 bits per heavy atom. The Labute approximate surface area is 193 Å². The van der Waals surface area contributed by atoms with Crippen molar-refractivity contribution >= 4 is 27.6 Å². The van der Waals surface area contributed by atoms with Crippen molar-refractivity contribution in [3.8, 4) is 10.9 Å². The third kappa shape index (κ3) is 4.94. The van der Waals surface area contributed by atoms with Crippen LogP contribution in [0.4, 0.5) is 0 Å². The standard InChI is InChI=1S/C25H30N4O2S/c1-18-16-22-23(26-17-18)27-25(32-22)31-21-6-4-19(5-7-21)8-13-28-14-9-20(10-15-28)24(30)29-11-2-3-12-29/h4-7,16-17,20H,2-3,8-15H2,1H3. The molecule has 0 bridgehead atoms. The van der Waals surface area contributed by atoms with Crippen molar-refractivity contribution in [3.63, 3.8) is 0 Å². The topological polar surface area (TPSA) is 58.6 Å². The van der Waals surface area contributed by atoms with E-state index >= 15 is 0 Å². The van der Waals surface area contributed by atoms with Crippen LogP contribution in [-0.4, -0.2) is 58.4 Å². The number of ether oxygens (including phenoxy) is 1. The minimum atomic E-state index is 0.238. The van der Waals surface area contributed by atoms with Gasteiger partial charge in [-0.15, -0.1) is 0 Å². The van der Waals surface area contributed by atoms with Crippen molar-refractivity contribution in [3.05, 3.63) is 47.7 Å². The summed E-state index contributed by atoms with van der Waals surface area (Å²) in [5, 5.41) is 0.622. The molecule has 3 aromatic rings. The van der Waals surface area contributed by atoms with E-state index in [-0.39, 0.29) is 5.92 Å². The van der Waals surface area contributed by atoms with Crippen molar-refractivity contribution in [2.24, 2.45) is 5.92 Å². The van der Waals surface area contributed by atoms with Gasteiger partial charge in [0, 0.05) is 31.7 Å². The second kappa shape index (κ2) is 9.55. The van der Waals surface area contributed by atoms with Gasteiger partial charge in [0.05, 0.1) is 4.70 Å². The minimum absolute atomic E-state index is 0.238. The number of piperidine rings is 1. The Morgan fingerprint density at radius 3 is 2.62 bits per heavy atom. The van der Waals surface area contributed by atoms with Crippen LogP contribution in [0, 0.1) is 12.8 Å². The Kier molecular flexibility index (Phi) is 6.37. The average molecular weight is 451 g/mol. The molecule has 0 N–H and O–H groups in total. The molecule has 0 radical (unpaired) electrons. The van der Waals surface area contributed by atoms with Crippen LogP contribution in [-0.2, 0) is 11.2 Å². The number of thiazole rings is 1. The number of rotatable bonds is 6. The molecule has 6 nitrogen and oxygen atoms in total. The maximum absolute atomic E-state index is 12.6. The summed E-state index contributed by atoms with van der Waals surface area (Å²) in [6.45, 7) is 7.05. The Morgan fingerprint density at radius 1 is 1.12 bits per heavy atom. The summed E-state index contributed by atoms with van der Waals surface area (Å²) in [5.41, 5.74) is 3.16. The second-order valence-corrected chi connectivity index (χ2v) is 9.95. The number of fused-ring (bicyclic) bond motifs is 1. The summed E-state index contributed by atoms with van der Waals surface area (Å²) >= 11 is 1.52. The predicted molar refractivity (Wildman–Crippen MR) is 127 cm³/mol. The molecule has 0 aliphatic carbocycles. The van der Waals surface area contributed by atoms with E-state index in [9.17, 15) is 4.79 Å². The van der Waals surface area contributed by atoms with Crippen LogP contribution in [0.2, 0.25) is 0 Å². The van der Waals surface area contributed by atoms with Crippen molar-refractivity contribution in [1.29, 1.82) is 0 Å². The van der Waals surface area contributed by atoms with E-state index in [1.54, 1.807) is 0 Å². The maximum Gasteiger partial charge on any atom is 0.281 e. The smallest absolute Gasteiger partial charge is 0.281 e. The van der Waals surface area contributed by atoms with Gasteiger partial charge >= 0.3 is 0 Å². The lowest BCUT2D eigenvalue weighted by Gasteiger charge is -2.33. The first kappa shape index (κ1) is 21.3. The molecule has 4 heterocycles. The zero-order valence-corrected chi connectivity index (χ0v) is 19.4. The normalized spacial score (nSPS) is 17.8. The van der Waals surface area contributed by atoms with Gasteiger partial charge in [-0.3, -0.25) is 4.79 Å². The first-order valence-corrected chi connectivity index (χ1v) is 12.5. The Balaban J connectivity index is 1.09. The van der Waals surface area contributed by atoms with E-state index in [2.05, 4.69) is 38.0 Å². The van der Waals surface area contributed by atoms with Crippen LogP contribution in [0.15, 0.2) is 36.5 Å². The summed E-state index contributed by atoms with van der Waals surface area (Å²) in [7, 11) is 0. The fraction of sp³-hybridized carbons (Fsp3) is 0.480. The number of aryl methyl sites for hydroxylation is 1. The summed E-state index contributed by atoms with van der Waals surface area (Å²) in [6.07, 6.45) is 7.18. The van der Waals surface area contributed by atoms with E-state index in [0.717, 1.165) is 73.6 Å². The number of hydrogen-bond acceptors (Lipinski definition) is 6. The van der Waals surface area contributed by atoms with E-state index in [1.807, 2.05) is 25.3 Å². The number of benzene rings is 1. The molecule has 5 rings (SSSR count). The molecule has 168 valence electrons. The number of likely N-dealkylation sites (tertiary alicyclic amines) is 2. The van der Waals surface area contributed by atoms with E-state index in [1.165, 1.54) is 29.7 Å². The number of hydrogen-bond donors (Lipinski definition) is 0. The highest BCUT2D eigenvalue weighted by Gasteiger charge is 2.29. The molecule has 2 saturated heterocycles. The van der Waals surface area contributed by atoms with Crippen LogP contribution in [0.25, 0.3) is 10.3 Å². The SMILES string of the molecule is Cc1cnc2nc(Oc3ccc(CCN4CCC(C(=O)N5CCCC5)CC4)cc3)sc2c1. The van der Waals surface area contributed by atoms with Crippen molar-refractivity contribution < 1.29 is 9.53 Å². The fourth-order valence-electron chi connectivity index (χ4n) is 4.65. The van der Waals surface area contributed by atoms with Gasteiger partial charge in [-0.25, -0.2) is 4.98 Å². The maximum atomic E-state index is 12.6. The Hall–Kier alpha value is -2.51.